The Morgan fingerprint density at radius 1 is 1.08 bits per heavy atom. The van der Waals surface area contributed by atoms with Crippen molar-refractivity contribution in [1.82, 2.24) is 4.90 Å². The number of carbonyl (C=O) groups is 4. The van der Waals surface area contributed by atoms with Gasteiger partial charge in [-0.25, -0.2) is 4.79 Å². The fourth-order valence-corrected chi connectivity index (χ4v) is 2.79. The lowest BCUT2D eigenvalue weighted by molar-refractivity contribution is -0.134. The van der Waals surface area contributed by atoms with Gasteiger partial charge in [0.15, 0.2) is 6.61 Å². The van der Waals surface area contributed by atoms with E-state index in [1.165, 1.54) is 30.3 Å². The van der Waals surface area contributed by atoms with E-state index >= 15 is 0 Å². The van der Waals surface area contributed by atoms with Crippen LogP contribution in [0.5, 0.6) is 11.5 Å². The Morgan fingerprint density at radius 2 is 1.77 bits per heavy atom. The molecule has 0 aromatic heterocycles. The maximum atomic E-state index is 12.3. The largest absolute Gasteiger partial charge is 0.481 e. The molecule has 8 heteroatoms. The highest BCUT2D eigenvalue weighted by Crippen LogP contribution is 2.31. The van der Waals surface area contributed by atoms with E-state index in [9.17, 15) is 19.2 Å². The number of anilines is 1. The molecule has 1 N–H and O–H groups in total. The summed E-state index contributed by atoms with van der Waals surface area (Å²) in [5.41, 5.74) is 1.01. The van der Waals surface area contributed by atoms with E-state index in [2.05, 4.69) is 5.32 Å². The summed E-state index contributed by atoms with van der Waals surface area (Å²) >= 11 is 0. The molecule has 130 valence electrons. The molecule has 2 aliphatic heterocycles. The Morgan fingerprint density at radius 3 is 2.46 bits per heavy atom. The van der Waals surface area contributed by atoms with E-state index in [0.29, 0.717) is 11.4 Å². The molecular formula is C18H12N2O6. The second-order valence-corrected chi connectivity index (χ2v) is 5.71. The Kier molecular flexibility index (Phi) is 3.65. The molecule has 0 radical (unpaired) electrons. The molecular weight excluding hydrogens is 340 g/mol. The summed E-state index contributed by atoms with van der Waals surface area (Å²) in [5, 5.41) is 2.62. The van der Waals surface area contributed by atoms with Gasteiger partial charge in [-0.3, -0.25) is 19.3 Å². The normalized spacial score (nSPS) is 15.1. The second-order valence-electron chi connectivity index (χ2n) is 5.71. The van der Waals surface area contributed by atoms with Crippen molar-refractivity contribution in [2.24, 2.45) is 0 Å². The van der Waals surface area contributed by atoms with Crippen LogP contribution in [0.4, 0.5) is 5.69 Å². The number of hydrogen-bond donors (Lipinski definition) is 1. The number of esters is 1. The van der Waals surface area contributed by atoms with Crippen molar-refractivity contribution in [3.8, 4) is 11.5 Å². The highest BCUT2D eigenvalue weighted by Gasteiger charge is 2.36. The van der Waals surface area contributed by atoms with Crippen LogP contribution in [0.1, 0.15) is 20.7 Å². The number of benzene rings is 2. The highest BCUT2D eigenvalue weighted by molar-refractivity contribution is 6.22. The number of ether oxygens (including phenoxy) is 2. The molecule has 0 fully saturated rings. The quantitative estimate of drug-likeness (QED) is 0.506. The maximum absolute atomic E-state index is 12.3. The van der Waals surface area contributed by atoms with E-state index in [-0.39, 0.29) is 29.4 Å². The zero-order chi connectivity index (χ0) is 18.3. The maximum Gasteiger partial charge on any atom is 0.331 e. The van der Waals surface area contributed by atoms with E-state index in [1.807, 2.05) is 0 Å². The van der Waals surface area contributed by atoms with Crippen LogP contribution in [-0.4, -0.2) is 41.7 Å². The summed E-state index contributed by atoms with van der Waals surface area (Å²) in [4.78, 5) is 48.8. The van der Waals surface area contributed by atoms with Gasteiger partial charge in [-0.2, -0.15) is 0 Å². The summed E-state index contributed by atoms with van der Waals surface area (Å²) in [6, 6.07) is 10.8. The molecule has 0 saturated heterocycles. The van der Waals surface area contributed by atoms with Crippen LogP contribution in [0.15, 0.2) is 42.5 Å². The van der Waals surface area contributed by atoms with Gasteiger partial charge in [0, 0.05) is 6.07 Å². The number of nitrogens with one attached hydrogen (secondary N) is 1. The molecule has 4 rings (SSSR count). The highest BCUT2D eigenvalue weighted by atomic mass is 16.5. The number of carbonyl (C=O) groups excluding carboxylic acids is 4. The van der Waals surface area contributed by atoms with Crippen molar-refractivity contribution in [2.45, 2.75) is 0 Å². The molecule has 8 nitrogen and oxygen atoms in total. The summed E-state index contributed by atoms with van der Waals surface area (Å²) in [5.74, 6) is -1.54. The van der Waals surface area contributed by atoms with Gasteiger partial charge in [0.1, 0.15) is 18.0 Å². The first-order valence-corrected chi connectivity index (χ1v) is 7.75. The van der Waals surface area contributed by atoms with Crippen LogP contribution in [-0.2, 0) is 9.59 Å². The van der Waals surface area contributed by atoms with Crippen molar-refractivity contribution in [3.05, 3.63) is 53.6 Å². The Hall–Kier alpha value is -3.68. The Balaban J connectivity index is 1.46. The first-order valence-electron chi connectivity index (χ1n) is 7.75. The first-order chi connectivity index (χ1) is 12.5. The third-order valence-electron chi connectivity index (χ3n) is 3.98. The zero-order valence-electron chi connectivity index (χ0n) is 13.4. The van der Waals surface area contributed by atoms with Crippen LogP contribution in [0, 0.1) is 0 Å². The van der Waals surface area contributed by atoms with Gasteiger partial charge in [0.2, 0.25) is 0 Å². The van der Waals surface area contributed by atoms with Crippen molar-refractivity contribution in [1.29, 1.82) is 0 Å². The molecule has 0 unspecified atom stereocenters. The van der Waals surface area contributed by atoms with Gasteiger partial charge in [-0.05, 0) is 24.3 Å². The summed E-state index contributed by atoms with van der Waals surface area (Å²) in [6.45, 7) is -0.625. The smallest absolute Gasteiger partial charge is 0.331 e. The molecule has 26 heavy (non-hydrogen) atoms. The lowest BCUT2D eigenvalue weighted by atomic mass is 10.1. The molecule has 2 heterocycles. The molecule has 0 saturated carbocycles. The topological polar surface area (TPSA) is 102 Å². The number of amides is 3. The second kappa shape index (κ2) is 5.99. The molecule has 3 amide bonds. The zero-order valence-corrected chi connectivity index (χ0v) is 13.4. The Labute approximate surface area is 147 Å². The van der Waals surface area contributed by atoms with Crippen molar-refractivity contribution in [3.63, 3.8) is 0 Å². The number of rotatable bonds is 3. The molecule has 0 spiro atoms. The van der Waals surface area contributed by atoms with Gasteiger partial charge < -0.3 is 14.8 Å². The summed E-state index contributed by atoms with van der Waals surface area (Å²) in [7, 11) is 0. The first kappa shape index (κ1) is 15.8. The lowest BCUT2D eigenvalue weighted by Gasteiger charge is -2.18. The standard InChI is InChI=1S/C18H12N2O6/c21-15-9-25-14-7-10(5-6-13(14)19-15)26-16(22)8-20-17(23)11-3-1-2-4-12(11)18(20)24/h1-7H,8-9H2,(H,19,21). The molecule has 2 aliphatic rings. The Bertz CT molecular complexity index is 933. The van der Waals surface area contributed by atoms with Crippen molar-refractivity contribution in [2.75, 3.05) is 18.5 Å². The molecule has 0 aliphatic carbocycles. The number of fused-ring (bicyclic) bond motifs is 2. The third kappa shape index (κ3) is 2.67. The fourth-order valence-electron chi connectivity index (χ4n) is 2.79. The molecule has 0 bridgehead atoms. The summed E-state index contributed by atoms with van der Waals surface area (Å²) < 4.78 is 10.4. The fraction of sp³-hybridized carbons (Fsp3) is 0.111. The third-order valence-corrected chi connectivity index (χ3v) is 3.98. The van der Waals surface area contributed by atoms with Gasteiger partial charge in [-0.1, -0.05) is 12.1 Å². The average Bonchev–Trinajstić information content (AvgIpc) is 2.87. The number of nitrogens with zero attached hydrogens (tertiary/aromatic N) is 1. The number of imide groups is 1. The number of hydrogen-bond acceptors (Lipinski definition) is 6. The van der Waals surface area contributed by atoms with Crippen molar-refractivity contribution < 1.29 is 28.7 Å². The SMILES string of the molecule is O=C1COc2cc(OC(=O)CN3C(=O)c4ccccc4C3=O)ccc2N1. The minimum atomic E-state index is -0.765. The van der Waals surface area contributed by atoms with Gasteiger partial charge >= 0.3 is 5.97 Å². The minimum absolute atomic E-state index is 0.126. The monoisotopic (exact) mass is 352 g/mol. The van der Waals surface area contributed by atoms with E-state index in [1.54, 1.807) is 12.1 Å². The van der Waals surface area contributed by atoms with Crippen LogP contribution in [0.2, 0.25) is 0 Å². The predicted molar refractivity (Wildman–Crippen MR) is 88.0 cm³/mol. The van der Waals surface area contributed by atoms with E-state index in [4.69, 9.17) is 9.47 Å². The van der Waals surface area contributed by atoms with E-state index < -0.39 is 24.3 Å². The molecule has 2 aromatic carbocycles. The van der Waals surface area contributed by atoms with Gasteiger partial charge in [0.05, 0.1) is 16.8 Å². The van der Waals surface area contributed by atoms with Gasteiger partial charge in [-0.15, -0.1) is 0 Å². The average molecular weight is 352 g/mol. The minimum Gasteiger partial charge on any atom is -0.481 e. The van der Waals surface area contributed by atoms with Gasteiger partial charge in [0.25, 0.3) is 17.7 Å². The summed E-state index contributed by atoms with van der Waals surface area (Å²) in [6.07, 6.45) is 0. The molecule has 2 aromatic rings. The molecule has 0 atom stereocenters. The van der Waals surface area contributed by atoms with Crippen LogP contribution >= 0.6 is 0 Å². The van der Waals surface area contributed by atoms with Crippen LogP contribution in [0.3, 0.4) is 0 Å². The lowest BCUT2D eigenvalue weighted by Crippen LogP contribution is -2.36. The van der Waals surface area contributed by atoms with E-state index in [0.717, 1.165) is 4.90 Å². The van der Waals surface area contributed by atoms with Crippen molar-refractivity contribution >= 4 is 29.4 Å². The van der Waals surface area contributed by atoms with Crippen LogP contribution < -0.4 is 14.8 Å². The predicted octanol–water partition coefficient (Wildman–Crippen LogP) is 1.22. The van der Waals surface area contributed by atoms with Crippen LogP contribution in [0.25, 0.3) is 0 Å².